The van der Waals surface area contributed by atoms with Gasteiger partial charge in [0.15, 0.2) is 0 Å². The number of aryl methyl sites for hydroxylation is 1. The smallest absolute Gasteiger partial charge is 0.270 e. The SMILES string of the molecule is O=C=C1CCc2ccccc2N1C(=O)c1cccc(C(F)(F)F)c1. The Bertz CT molecular complexity index is 851. The van der Waals surface area contributed by atoms with Gasteiger partial charge in [0, 0.05) is 12.0 Å². The summed E-state index contributed by atoms with van der Waals surface area (Å²) in [5, 5.41) is 0. The Morgan fingerprint density at radius 1 is 1.04 bits per heavy atom. The zero-order valence-corrected chi connectivity index (χ0v) is 12.4. The fourth-order valence-corrected chi connectivity index (χ4v) is 2.74. The molecule has 0 aliphatic carbocycles. The maximum absolute atomic E-state index is 12.9. The topological polar surface area (TPSA) is 37.4 Å². The molecule has 2 aromatic rings. The number of halogens is 3. The number of hydrogen-bond donors (Lipinski definition) is 0. The minimum absolute atomic E-state index is 0.121. The number of hydrogen-bond acceptors (Lipinski definition) is 2. The lowest BCUT2D eigenvalue weighted by Crippen LogP contribution is -2.34. The number of rotatable bonds is 1. The molecule has 3 nitrogen and oxygen atoms in total. The molecule has 0 radical (unpaired) electrons. The van der Waals surface area contributed by atoms with E-state index in [-0.39, 0.29) is 11.3 Å². The number of amides is 1. The van der Waals surface area contributed by atoms with Crippen LogP contribution < -0.4 is 4.90 Å². The van der Waals surface area contributed by atoms with Gasteiger partial charge in [-0.15, -0.1) is 0 Å². The third-order valence-electron chi connectivity index (χ3n) is 3.89. The van der Waals surface area contributed by atoms with Crippen molar-refractivity contribution in [3.8, 4) is 0 Å². The molecule has 6 heteroatoms. The Hall–Kier alpha value is -2.85. The highest BCUT2D eigenvalue weighted by Gasteiger charge is 2.33. The van der Waals surface area contributed by atoms with Crippen molar-refractivity contribution in [1.82, 2.24) is 0 Å². The van der Waals surface area contributed by atoms with Crippen LogP contribution in [0.5, 0.6) is 0 Å². The fourth-order valence-electron chi connectivity index (χ4n) is 2.74. The Balaban J connectivity index is 2.07. The number of nitrogens with zero attached hydrogens (tertiary/aromatic N) is 1. The molecule has 122 valence electrons. The molecule has 0 aromatic heterocycles. The molecular formula is C18H12F3NO2. The van der Waals surface area contributed by atoms with E-state index < -0.39 is 17.6 Å². The molecule has 2 aromatic carbocycles. The summed E-state index contributed by atoms with van der Waals surface area (Å²) in [4.78, 5) is 25.1. The van der Waals surface area contributed by atoms with Crippen LogP contribution in [0.1, 0.15) is 27.9 Å². The van der Waals surface area contributed by atoms with E-state index in [4.69, 9.17) is 0 Å². The predicted octanol–water partition coefficient (Wildman–Crippen LogP) is 4.01. The molecule has 0 N–H and O–H groups in total. The van der Waals surface area contributed by atoms with Crippen LogP contribution in [0.3, 0.4) is 0 Å². The first kappa shape index (κ1) is 16.0. The van der Waals surface area contributed by atoms with Crippen LogP contribution in [0, 0.1) is 0 Å². The van der Waals surface area contributed by atoms with Gasteiger partial charge in [-0.05, 0) is 36.2 Å². The molecule has 1 aliphatic heterocycles. The molecule has 1 aliphatic rings. The minimum atomic E-state index is -4.54. The quantitative estimate of drug-likeness (QED) is 0.740. The van der Waals surface area contributed by atoms with E-state index in [1.807, 2.05) is 6.07 Å². The normalized spacial score (nSPS) is 14.1. The van der Waals surface area contributed by atoms with Gasteiger partial charge in [-0.25, -0.2) is 4.79 Å². The molecule has 0 unspecified atom stereocenters. The van der Waals surface area contributed by atoms with Crippen molar-refractivity contribution in [2.45, 2.75) is 19.0 Å². The van der Waals surface area contributed by atoms with Crippen LogP contribution in [0.15, 0.2) is 54.2 Å². The second kappa shape index (κ2) is 5.98. The van der Waals surface area contributed by atoms with Crippen LogP contribution in [0.4, 0.5) is 18.9 Å². The molecule has 0 bridgehead atoms. The highest BCUT2D eigenvalue weighted by molar-refractivity contribution is 6.10. The van der Waals surface area contributed by atoms with Gasteiger partial charge < -0.3 is 0 Å². The summed E-state index contributed by atoms with van der Waals surface area (Å²) in [6.45, 7) is 0. The first-order valence-corrected chi connectivity index (χ1v) is 7.25. The predicted molar refractivity (Wildman–Crippen MR) is 82.2 cm³/mol. The first-order chi connectivity index (χ1) is 11.4. The van der Waals surface area contributed by atoms with E-state index in [0.717, 1.165) is 22.6 Å². The highest BCUT2D eigenvalue weighted by atomic mass is 19.4. The van der Waals surface area contributed by atoms with Gasteiger partial charge in [-0.1, -0.05) is 24.3 Å². The maximum Gasteiger partial charge on any atom is 0.416 e. The Labute approximate surface area is 136 Å². The maximum atomic E-state index is 12.9. The third-order valence-corrected chi connectivity index (χ3v) is 3.89. The average Bonchev–Trinajstić information content (AvgIpc) is 2.59. The van der Waals surface area contributed by atoms with E-state index >= 15 is 0 Å². The molecule has 0 saturated heterocycles. The lowest BCUT2D eigenvalue weighted by molar-refractivity contribution is -0.137. The van der Waals surface area contributed by atoms with Crippen molar-refractivity contribution < 1.29 is 22.8 Å². The molecule has 0 fully saturated rings. The molecule has 3 rings (SSSR count). The molecule has 1 heterocycles. The molecular weight excluding hydrogens is 319 g/mol. The van der Waals surface area contributed by atoms with Gasteiger partial charge in [0.05, 0.1) is 11.3 Å². The zero-order valence-electron chi connectivity index (χ0n) is 12.4. The number of carbonyl (C=O) groups excluding carboxylic acids is 2. The van der Waals surface area contributed by atoms with Crippen molar-refractivity contribution in [2.75, 3.05) is 4.90 Å². The number of alkyl halides is 3. The largest absolute Gasteiger partial charge is 0.416 e. The molecule has 0 saturated carbocycles. The van der Waals surface area contributed by atoms with Crippen LogP contribution in [0.2, 0.25) is 0 Å². The molecule has 0 spiro atoms. The molecule has 1 amide bonds. The van der Waals surface area contributed by atoms with Gasteiger partial charge in [0.2, 0.25) is 0 Å². The van der Waals surface area contributed by atoms with Gasteiger partial charge in [-0.2, -0.15) is 13.2 Å². The number of para-hydroxylation sites is 1. The van der Waals surface area contributed by atoms with Crippen LogP contribution in [-0.2, 0) is 17.4 Å². The summed E-state index contributed by atoms with van der Waals surface area (Å²) in [7, 11) is 0. The van der Waals surface area contributed by atoms with Gasteiger partial charge >= 0.3 is 6.18 Å². The number of anilines is 1. The van der Waals surface area contributed by atoms with E-state index in [0.29, 0.717) is 18.5 Å². The van der Waals surface area contributed by atoms with Crippen LogP contribution in [-0.4, -0.2) is 11.8 Å². The standard InChI is InChI=1S/C18H12F3NO2/c19-18(20,21)14-6-3-5-13(10-14)17(24)22-15(11-23)9-8-12-4-1-2-7-16(12)22/h1-7,10H,8-9H2. The summed E-state index contributed by atoms with van der Waals surface area (Å²) in [6, 6.07) is 11.2. The summed E-state index contributed by atoms with van der Waals surface area (Å²) < 4.78 is 38.6. The van der Waals surface area contributed by atoms with E-state index in [1.54, 1.807) is 24.1 Å². The molecule has 0 atom stereocenters. The van der Waals surface area contributed by atoms with E-state index in [9.17, 15) is 22.8 Å². The first-order valence-electron chi connectivity index (χ1n) is 7.25. The lowest BCUT2D eigenvalue weighted by Gasteiger charge is -2.30. The summed E-state index contributed by atoms with van der Waals surface area (Å²) in [5.41, 5.74) is 0.446. The van der Waals surface area contributed by atoms with Crippen molar-refractivity contribution in [3.05, 3.63) is 70.9 Å². The van der Waals surface area contributed by atoms with Gasteiger partial charge in [0.25, 0.3) is 5.91 Å². The number of benzene rings is 2. The second-order valence-electron chi connectivity index (χ2n) is 5.40. The van der Waals surface area contributed by atoms with Gasteiger partial charge in [0.1, 0.15) is 11.6 Å². The van der Waals surface area contributed by atoms with Crippen molar-refractivity contribution >= 4 is 17.5 Å². The van der Waals surface area contributed by atoms with Crippen molar-refractivity contribution in [3.63, 3.8) is 0 Å². The Morgan fingerprint density at radius 2 is 1.79 bits per heavy atom. The minimum Gasteiger partial charge on any atom is -0.270 e. The highest BCUT2D eigenvalue weighted by Crippen LogP contribution is 2.34. The summed E-state index contributed by atoms with van der Waals surface area (Å²) >= 11 is 0. The third kappa shape index (κ3) is 2.84. The van der Waals surface area contributed by atoms with E-state index in [2.05, 4.69) is 0 Å². The summed E-state index contributed by atoms with van der Waals surface area (Å²) in [6.07, 6.45) is -3.66. The number of allylic oxidation sites excluding steroid dienone is 1. The summed E-state index contributed by atoms with van der Waals surface area (Å²) in [5.74, 6) is 1.07. The molecule has 24 heavy (non-hydrogen) atoms. The van der Waals surface area contributed by atoms with Crippen molar-refractivity contribution in [2.24, 2.45) is 0 Å². The zero-order chi connectivity index (χ0) is 17.3. The second-order valence-corrected chi connectivity index (χ2v) is 5.40. The monoisotopic (exact) mass is 331 g/mol. The van der Waals surface area contributed by atoms with Crippen LogP contribution >= 0.6 is 0 Å². The average molecular weight is 331 g/mol. The number of fused-ring (bicyclic) bond motifs is 1. The number of carbonyl (C=O) groups is 1. The van der Waals surface area contributed by atoms with Crippen LogP contribution in [0.25, 0.3) is 0 Å². The fraction of sp³-hybridized carbons (Fsp3) is 0.167. The van der Waals surface area contributed by atoms with Crippen molar-refractivity contribution in [1.29, 1.82) is 0 Å². The van der Waals surface area contributed by atoms with Gasteiger partial charge in [-0.3, -0.25) is 9.69 Å². The van der Waals surface area contributed by atoms with E-state index in [1.165, 1.54) is 12.1 Å². The Kier molecular flexibility index (Phi) is 3.99. The Morgan fingerprint density at radius 3 is 2.50 bits per heavy atom. The lowest BCUT2D eigenvalue weighted by atomic mass is 9.98.